The van der Waals surface area contributed by atoms with E-state index < -0.39 is 0 Å². The lowest BCUT2D eigenvalue weighted by atomic mass is 9.98. The Morgan fingerprint density at radius 2 is 1.56 bits per heavy atom. The van der Waals surface area contributed by atoms with Crippen LogP contribution in [0, 0.1) is 0 Å². The summed E-state index contributed by atoms with van der Waals surface area (Å²) in [4.78, 5) is 12.7. The number of benzene rings is 3. The summed E-state index contributed by atoms with van der Waals surface area (Å²) < 4.78 is 6.10. The van der Waals surface area contributed by atoms with Crippen molar-refractivity contribution in [1.82, 2.24) is 5.32 Å². The molecule has 3 aromatic rings. The molecule has 1 amide bonds. The average molecular weight is 396 g/mol. The number of ether oxygens (including phenoxy) is 1. The van der Waals surface area contributed by atoms with Gasteiger partial charge in [0.1, 0.15) is 5.75 Å². The fourth-order valence-corrected chi connectivity index (χ4v) is 3.17. The van der Waals surface area contributed by atoms with Crippen molar-refractivity contribution in [2.45, 2.75) is 6.04 Å². The van der Waals surface area contributed by atoms with Crippen LogP contribution in [0.3, 0.4) is 0 Å². The van der Waals surface area contributed by atoms with E-state index in [1.54, 1.807) is 31.4 Å². The number of halogens is 1. The molecule has 0 heterocycles. The van der Waals surface area contributed by atoms with Crippen molar-refractivity contribution in [3.8, 4) is 5.75 Å². The zero-order valence-corrected chi connectivity index (χ0v) is 15.4. The van der Waals surface area contributed by atoms with Gasteiger partial charge in [-0.05, 0) is 41.5 Å². The summed E-state index contributed by atoms with van der Waals surface area (Å²) in [5.74, 6) is 0.592. The summed E-state index contributed by atoms with van der Waals surface area (Å²) in [7, 11) is 1.60. The lowest BCUT2D eigenvalue weighted by Gasteiger charge is -2.21. The Balaban J connectivity index is 1.92. The Hall–Kier alpha value is -2.59. The highest BCUT2D eigenvalue weighted by Crippen LogP contribution is 2.29. The molecular weight excluding hydrogens is 378 g/mol. The number of rotatable bonds is 5. The second-order valence-corrected chi connectivity index (χ2v) is 6.42. The lowest BCUT2D eigenvalue weighted by Crippen LogP contribution is -2.29. The molecule has 0 fully saturated rings. The van der Waals surface area contributed by atoms with Crippen molar-refractivity contribution >= 4 is 21.8 Å². The minimum absolute atomic E-state index is 0.132. The molecule has 0 radical (unpaired) electrons. The summed E-state index contributed by atoms with van der Waals surface area (Å²) in [6.45, 7) is 0. The predicted molar refractivity (Wildman–Crippen MR) is 103 cm³/mol. The van der Waals surface area contributed by atoms with Gasteiger partial charge < -0.3 is 10.1 Å². The maximum absolute atomic E-state index is 12.7. The maximum atomic E-state index is 12.7. The molecule has 3 rings (SSSR count). The zero-order chi connectivity index (χ0) is 17.6. The van der Waals surface area contributed by atoms with E-state index in [1.807, 2.05) is 54.6 Å². The smallest absolute Gasteiger partial charge is 0.252 e. The molecule has 3 aromatic carbocycles. The Morgan fingerprint density at radius 1 is 0.920 bits per heavy atom. The van der Waals surface area contributed by atoms with Crippen LogP contribution in [-0.4, -0.2) is 13.0 Å². The van der Waals surface area contributed by atoms with Crippen molar-refractivity contribution in [2.75, 3.05) is 7.11 Å². The highest BCUT2D eigenvalue weighted by Gasteiger charge is 2.19. The van der Waals surface area contributed by atoms with Crippen molar-refractivity contribution in [2.24, 2.45) is 0 Å². The van der Waals surface area contributed by atoms with E-state index in [9.17, 15) is 4.79 Å². The maximum Gasteiger partial charge on any atom is 0.252 e. The van der Waals surface area contributed by atoms with Gasteiger partial charge in [0.15, 0.2) is 0 Å². The van der Waals surface area contributed by atoms with Crippen LogP contribution in [0.25, 0.3) is 0 Å². The topological polar surface area (TPSA) is 38.3 Å². The van der Waals surface area contributed by atoms with Crippen LogP contribution in [0.15, 0.2) is 83.3 Å². The molecule has 0 aliphatic carbocycles. The van der Waals surface area contributed by atoms with Gasteiger partial charge in [-0.15, -0.1) is 0 Å². The molecule has 0 spiro atoms. The van der Waals surface area contributed by atoms with Crippen LogP contribution in [0.4, 0.5) is 0 Å². The minimum Gasteiger partial charge on any atom is -0.497 e. The molecule has 0 aromatic heterocycles. The molecule has 0 bridgehead atoms. The molecule has 126 valence electrons. The van der Waals surface area contributed by atoms with Crippen LogP contribution >= 0.6 is 15.9 Å². The number of nitrogens with one attached hydrogen (secondary N) is 1. The monoisotopic (exact) mass is 395 g/mol. The van der Waals surface area contributed by atoms with E-state index >= 15 is 0 Å². The Morgan fingerprint density at radius 3 is 2.20 bits per heavy atom. The summed E-state index contributed by atoms with van der Waals surface area (Å²) in [6.07, 6.45) is 0. The number of hydrogen-bond acceptors (Lipinski definition) is 2. The highest BCUT2D eigenvalue weighted by molar-refractivity contribution is 9.10. The molecular formula is C21H18BrNO2. The van der Waals surface area contributed by atoms with Gasteiger partial charge in [-0.2, -0.15) is 0 Å². The third kappa shape index (κ3) is 4.09. The van der Waals surface area contributed by atoms with Crippen LogP contribution in [0.2, 0.25) is 0 Å². The normalized spacial score (nSPS) is 11.6. The highest BCUT2D eigenvalue weighted by atomic mass is 79.9. The summed E-state index contributed by atoms with van der Waals surface area (Å²) >= 11 is 3.59. The molecule has 1 unspecified atom stereocenters. The van der Waals surface area contributed by atoms with Gasteiger partial charge in [0.2, 0.25) is 0 Å². The molecule has 0 saturated carbocycles. The number of amides is 1. The van der Waals surface area contributed by atoms with Gasteiger partial charge in [0.05, 0.1) is 13.2 Å². The molecule has 0 aliphatic rings. The van der Waals surface area contributed by atoms with Crippen LogP contribution in [0.5, 0.6) is 5.75 Å². The first-order chi connectivity index (χ1) is 12.2. The fraction of sp³-hybridized carbons (Fsp3) is 0.0952. The SMILES string of the molecule is COc1ccc(C(=O)NC(c2ccccc2)c2ccccc2Br)cc1. The summed E-state index contributed by atoms with van der Waals surface area (Å²) in [6, 6.07) is 24.7. The minimum atomic E-state index is -0.244. The van der Waals surface area contributed by atoms with E-state index in [0.29, 0.717) is 5.56 Å². The number of methoxy groups -OCH3 is 1. The molecule has 1 atom stereocenters. The van der Waals surface area contributed by atoms with Gasteiger partial charge in [-0.1, -0.05) is 64.5 Å². The quantitative estimate of drug-likeness (QED) is 0.661. The molecule has 0 saturated heterocycles. The van der Waals surface area contributed by atoms with Gasteiger partial charge in [0, 0.05) is 10.0 Å². The van der Waals surface area contributed by atoms with E-state index in [4.69, 9.17) is 4.74 Å². The molecule has 3 nitrogen and oxygen atoms in total. The van der Waals surface area contributed by atoms with E-state index in [-0.39, 0.29) is 11.9 Å². The van der Waals surface area contributed by atoms with E-state index in [0.717, 1.165) is 21.3 Å². The zero-order valence-electron chi connectivity index (χ0n) is 13.8. The fourth-order valence-electron chi connectivity index (χ4n) is 2.65. The van der Waals surface area contributed by atoms with Crippen LogP contribution < -0.4 is 10.1 Å². The number of carbonyl (C=O) groups excluding carboxylic acids is 1. The van der Waals surface area contributed by atoms with E-state index in [2.05, 4.69) is 21.2 Å². The summed E-state index contributed by atoms with van der Waals surface area (Å²) in [5, 5.41) is 3.13. The van der Waals surface area contributed by atoms with Gasteiger partial charge in [-0.25, -0.2) is 0 Å². The first-order valence-corrected chi connectivity index (χ1v) is 8.72. The third-order valence-electron chi connectivity index (χ3n) is 3.98. The molecule has 25 heavy (non-hydrogen) atoms. The van der Waals surface area contributed by atoms with Crippen molar-refractivity contribution in [1.29, 1.82) is 0 Å². The predicted octanol–water partition coefficient (Wildman–Crippen LogP) is 4.98. The van der Waals surface area contributed by atoms with Gasteiger partial charge >= 0.3 is 0 Å². The largest absolute Gasteiger partial charge is 0.497 e. The van der Waals surface area contributed by atoms with Crippen LogP contribution in [0.1, 0.15) is 27.5 Å². The van der Waals surface area contributed by atoms with Crippen molar-refractivity contribution in [3.05, 3.63) is 100 Å². The second-order valence-electron chi connectivity index (χ2n) is 5.57. The first-order valence-electron chi connectivity index (χ1n) is 7.93. The Bertz CT molecular complexity index is 847. The van der Waals surface area contributed by atoms with E-state index in [1.165, 1.54) is 0 Å². The number of hydrogen-bond donors (Lipinski definition) is 1. The van der Waals surface area contributed by atoms with Crippen LogP contribution in [-0.2, 0) is 0 Å². The average Bonchev–Trinajstić information content (AvgIpc) is 2.67. The second kappa shape index (κ2) is 7.99. The van der Waals surface area contributed by atoms with Gasteiger partial charge in [0.25, 0.3) is 5.91 Å². The molecule has 4 heteroatoms. The van der Waals surface area contributed by atoms with Crippen molar-refractivity contribution in [3.63, 3.8) is 0 Å². The Kier molecular flexibility index (Phi) is 5.51. The van der Waals surface area contributed by atoms with Crippen molar-refractivity contribution < 1.29 is 9.53 Å². The number of carbonyl (C=O) groups is 1. The standard InChI is InChI=1S/C21H18BrNO2/c1-25-17-13-11-16(12-14-17)21(24)23-20(15-7-3-2-4-8-15)18-9-5-6-10-19(18)22/h2-14,20H,1H3,(H,23,24). The first kappa shape index (κ1) is 17.2. The molecule has 1 N–H and O–H groups in total. The summed E-state index contributed by atoms with van der Waals surface area (Å²) in [5.41, 5.74) is 2.63. The molecule has 0 aliphatic heterocycles. The van der Waals surface area contributed by atoms with Gasteiger partial charge in [-0.3, -0.25) is 4.79 Å². The lowest BCUT2D eigenvalue weighted by molar-refractivity contribution is 0.0943. The Labute approximate surface area is 155 Å². The third-order valence-corrected chi connectivity index (χ3v) is 4.70.